The Labute approximate surface area is 103 Å². The molecule has 0 bridgehead atoms. The number of ketones is 1. The molecule has 2 nitrogen and oxygen atoms in total. The molecule has 1 aromatic rings. The van der Waals surface area contributed by atoms with Crippen LogP contribution in [-0.2, 0) is 4.79 Å². The van der Waals surface area contributed by atoms with Gasteiger partial charge in [0.1, 0.15) is 22.2 Å². The van der Waals surface area contributed by atoms with Crippen LogP contribution in [0.15, 0.2) is 18.2 Å². The van der Waals surface area contributed by atoms with Crippen LogP contribution in [0.25, 0.3) is 0 Å². The third-order valence-electron chi connectivity index (χ3n) is 1.85. The first-order chi connectivity index (χ1) is 7.72. The SMILES string of the molecule is CC(=O)C(Br)c1c(F)cccc1OC(F)(F)F. The minimum absolute atomic E-state index is 0.461. The second-order valence-electron chi connectivity index (χ2n) is 3.17. The highest BCUT2D eigenvalue weighted by atomic mass is 79.9. The lowest BCUT2D eigenvalue weighted by Gasteiger charge is -2.15. The predicted molar refractivity (Wildman–Crippen MR) is 55.4 cm³/mol. The minimum Gasteiger partial charge on any atom is -0.405 e. The molecule has 0 aromatic heterocycles. The molecule has 0 fully saturated rings. The fourth-order valence-corrected chi connectivity index (χ4v) is 1.62. The molecule has 0 aliphatic carbocycles. The number of hydrogen-bond acceptors (Lipinski definition) is 2. The van der Waals surface area contributed by atoms with Crippen LogP contribution < -0.4 is 4.74 Å². The van der Waals surface area contributed by atoms with E-state index >= 15 is 0 Å². The summed E-state index contributed by atoms with van der Waals surface area (Å²) in [6.07, 6.45) is -4.94. The van der Waals surface area contributed by atoms with Crippen molar-refractivity contribution >= 4 is 21.7 Å². The third kappa shape index (κ3) is 3.69. The zero-order valence-electron chi connectivity index (χ0n) is 8.52. The number of alkyl halides is 4. The Balaban J connectivity index is 3.22. The van der Waals surface area contributed by atoms with Crippen molar-refractivity contribution < 1.29 is 27.1 Å². The molecule has 0 aliphatic rings. The van der Waals surface area contributed by atoms with Crippen LogP contribution in [0, 0.1) is 5.82 Å². The topological polar surface area (TPSA) is 26.3 Å². The summed E-state index contributed by atoms with van der Waals surface area (Å²) in [7, 11) is 0. The van der Waals surface area contributed by atoms with Crippen molar-refractivity contribution in [3.05, 3.63) is 29.6 Å². The number of benzene rings is 1. The molecule has 94 valence electrons. The van der Waals surface area contributed by atoms with Gasteiger partial charge in [-0.3, -0.25) is 4.79 Å². The van der Waals surface area contributed by atoms with E-state index in [0.29, 0.717) is 0 Å². The molecular weight excluding hydrogens is 308 g/mol. The Hall–Kier alpha value is -1.11. The fraction of sp³-hybridized carbons (Fsp3) is 0.300. The Morgan fingerprint density at radius 2 is 2.00 bits per heavy atom. The van der Waals surface area contributed by atoms with E-state index in [4.69, 9.17) is 0 Å². The summed E-state index contributed by atoms with van der Waals surface area (Å²) in [4.78, 5) is 9.88. The maximum Gasteiger partial charge on any atom is 0.573 e. The highest BCUT2D eigenvalue weighted by Gasteiger charge is 2.34. The van der Waals surface area contributed by atoms with Crippen molar-refractivity contribution in [3.63, 3.8) is 0 Å². The van der Waals surface area contributed by atoms with E-state index in [1.165, 1.54) is 0 Å². The summed E-state index contributed by atoms with van der Waals surface area (Å²) in [6.45, 7) is 1.13. The fourth-order valence-electron chi connectivity index (χ4n) is 1.18. The average molecular weight is 315 g/mol. The van der Waals surface area contributed by atoms with Crippen LogP contribution >= 0.6 is 15.9 Å². The first-order valence-corrected chi connectivity index (χ1v) is 5.32. The van der Waals surface area contributed by atoms with Gasteiger partial charge in [-0.2, -0.15) is 0 Å². The van der Waals surface area contributed by atoms with Gasteiger partial charge < -0.3 is 4.74 Å². The highest BCUT2D eigenvalue weighted by molar-refractivity contribution is 9.09. The Morgan fingerprint density at radius 1 is 1.41 bits per heavy atom. The van der Waals surface area contributed by atoms with E-state index in [2.05, 4.69) is 20.7 Å². The number of halogens is 5. The Morgan fingerprint density at radius 3 is 2.47 bits per heavy atom. The van der Waals surface area contributed by atoms with Crippen molar-refractivity contribution in [2.24, 2.45) is 0 Å². The predicted octanol–water partition coefficient (Wildman–Crippen LogP) is 3.75. The summed E-state index contributed by atoms with van der Waals surface area (Å²) in [5.41, 5.74) is -0.461. The molecule has 1 rings (SSSR count). The number of rotatable bonds is 3. The molecule has 1 unspecified atom stereocenters. The van der Waals surface area contributed by atoms with Crippen LogP contribution in [0.5, 0.6) is 5.75 Å². The van der Waals surface area contributed by atoms with Gasteiger partial charge in [0.05, 0.1) is 5.56 Å². The van der Waals surface area contributed by atoms with Crippen LogP contribution in [0.1, 0.15) is 17.3 Å². The van der Waals surface area contributed by atoms with Crippen molar-refractivity contribution in [2.75, 3.05) is 0 Å². The lowest BCUT2D eigenvalue weighted by molar-refractivity contribution is -0.275. The maximum absolute atomic E-state index is 13.4. The molecule has 0 N–H and O–H groups in total. The average Bonchev–Trinajstić information content (AvgIpc) is 2.14. The van der Waals surface area contributed by atoms with Crippen molar-refractivity contribution in [2.45, 2.75) is 18.1 Å². The zero-order valence-corrected chi connectivity index (χ0v) is 10.1. The lowest BCUT2D eigenvalue weighted by Crippen LogP contribution is -2.19. The number of ether oxygens (including phenoxy) is 1. The summed E-state index contributed by atoms with van der Waals surface area (Å²) >= 11 is 2.82. The zero-order chi connectivity index (χ0) is 13.2. The van der Waals surface area contributed by atoms with Crippen molar-refractivity contribution in [3.8, 4) is 5.75 Å². The van der Waals surface area contributed by atoms with E-state index < -0.39 is 34.1 Å². The number of Topliss-reactive ketones (excluding diaryl/α,β-unsaturated/α-hetero) is 1. The monoisotopic (exact) mass is 314 g/mol. The second kappa shape index (κ2) is 5.03. The largest absolute Gasteiger partial charge is 0.573 e. The molecule has 0 aliphatic heterocycles. The van der Waals surface area contributed by atoms with Gasteiger partial charge >= 0.3 is 6.36 Å². The van der Waals surface area contributed by atoms with Crippen molar-refractivity contribution in [1.82, 2.24) is 0 Å². The van der Waals surface area contributed by atoms with Gasteiger partial charge in [0.25, 0.3) is 0 Å². The molecule has 0 saturated heterocycles. The van der Waals surface area contributed by atoms with Gasteiger partial charge in [-0.15, -0.1) is 13.2 Å². The van der Waals surface area contributed by atoms with Crippen LogP contribution in [0.2, 0.25) is 0 Å². The standard InChI is InChI=1S/C10H7BrF4O2/c1-5(16)9(11)8-6(12)3-2-4-7(8)17-10(13,14)15/h2-4,9H,1H3. The molecule has 0 radical (unpaired) electrons. The van der Waals surface area contributed by atoms with Crippen LogP contribution in [0.3, 0.4) is 0 Å². The van der Waals surface area contributed by atoms with E-state index in [-0.39, 0.29) is 0 Å². The van der Waals surface area contributed by atoms with Gasteiger partial charge in [0.15, 0.2) is 0 Å². The summed E-state index contributed by atoms with van der Waals surface area (Å²) < 4.78 is 53.3. The van der Waals surface area contributed by atoms with E-state index in [1.807, 2.05) is 0 Å². The first-order valence-electron chi connectivity index (χ1n) is 4.41. The smallest absolute Gasteiger partial charge is 0.405 e. The molecule has 1 aromatic carbocycles. The van der Waals surface area contributed by atoms with Crippen molar-refractivity contribution in [1.29, 1.82) is 0 Å². The molecule has 0 spiro atoms. The van der Waals surface area contributed by atoms with E-state index in [9.17, 15) is 22.4 Å². The van der Waals surface area contributed by atoms with Gasteiger partial charge in [-0.25, -0.2) is 4.39 Å². The van der Waals surface area contributed by atoms with Gasteiger partial charge in [-0.05, 0) is 19.1 Å². The molecule has 0 saturated carbocycles. The van der Waals surface area contributed by atoms with Gasteiger partial charge in [0.2, 0.25) is 0 Å². The molecule has 1 atom stereocenters. The molecule has 17 heavy (non-hydrogen) atoms. The second-order valence-corrected chi connectivity index (χ2v) is 4.09. The third-order valence-corrected chi connectivity index (χ3v) is 2.95. The van der Waals surface area contributed by atoms with Gasteiger partial charge in [-0.1, -0.05) is 22.0 Å². The normalized spacial score (nSPS) is 13.3. The van der Waals surface area contributed by atoms with Crippen LogP contribution in [0.4, 0.5) is 17.6 Å². The Bertz CT molecular complexity index is 431. The molecule has 7 heteroatoms. The molecule has 0 heterocycles. The summed E-state index contributed by atoms with van der Waals surface area (Å²) in [5, 5.41) is 0. The molecular formula is C10H7BrF4O2. The summed E-state index contributed by atoms with van der Waals surface area (Å²) in [5.74, 6) is -2.19. The highest BCUT2D eigenvalue weighted by Crippen LogP contribution is 2.36. The number of carbonyl (C=O) groups excluding carboxylic acids is 1. The lowest BCUT2D eigenvalue weighted by atomic mass is 10.1. The van der Waals surface area contributed by atoms with Gasteiger partial charge in [0, 0.05) is 0 Å². The summed E-state index contributed by atoms with van der Waals surface area (Å²) in [6, 6.07) is 2.97. The van der Waals surface area contributed by atoms with E-state index in [0.717, 1.165) is 25.1 Å². The number of carbonyl (C=O) groups is 1. The quantitative estimate of drug-likeness (QED) is 0.627. The molecule has 0 amide bonds. The first kappa shape index (κ1) is 14.0. The Kier molecular flexibility index (Phi) is 4.13. The minimum atomic E-state index is -4.94. The van der Waals surface area contributed by atoms with Crippen LogP contribution in [-0.4, -0.2) is 12.1 Å². The maximum atomic E-state index is 13.4. The number of hydrogen-bond donors (Lipinski definition) is 0. The van der Waals surface area contributed by atoms with E-state index in [1.54, 1.807) is 0 Å².